The second kappa shape index (κ2) is 7.11. The lowest BCUT2D eigenvalue weighted by atomic mass is 10.4. The third-order valence-electron chi connectivity index (χ3n) is 2.86. The smallest absolute Gasteiger partial charge is 0.306 e. The maximum atomic E-state index is 12.3. The number of nitrogens with zero attached hydrogens (tertiary/aromatic N) is 3. The second-order valence-electron chi connectivity index (χ2n) is 4.27. The number of esters is 1. The van der Waals surface area contributed by atoms with Crippen LogP contribution in [0.4, 0.5) is 0 Å². The van der Waals surface area contributed by atoms with E-state index in [1.54, 1.807) is 5.51 Å². The largest absolute Gasteiger partial charge is 0.469 e. The van der Waals surface area contributed by atoms with Gasteiger partial charge in [-0.05, 0) is 6.92 Å². The van der Waals surface area contributed by atoms with Gasteiger partial charge in [0.25, 0.3) is 10.2 Å². The van der Waals surface area contributed by atoms with Crippen LogP contribution in [0.1, 0.15) is 17.0 Å². The summed E-state index contributed by atoms with van der Waals surface area (Å²) >= 11 is 1.42. The van der Waals surface area contributed by atoms with Gasteiger partial charge in [0, 0.05) is 25.5 Å². The number of rotatable bonds is 7. The van der Waals surface area contributed by atoms with Crippen molar-refractivity contribution in [2.75, 3.05) is 27.7 Å². The van der Waals surface area contributed by atoms with E-state index in [0.29, 0.717) is 0 Å². The zero-order valence-electron chi connectivity index (χ0n) is 12.0. The molecule has 0 fully saturated rings. The van der Waals surface area contributed by atoms with Crippen LogP contribution >= 0.6 is 11.3 Å². The van der Waals surface area contributed by atoms with Gasteiger partial charge in [-0.15, -0.1) is 11.3 Å². The molecule has 0 amide bonds. The fourth-order valence-corrected chi connectivity index (χ4v) is 3.47. The van der Waals surface area contributed by atoms with Crippen LogP contribution < -0.4 is 0 Å². The fraction of sp³-hybridized carbons (Fsp3) is 0.636. The molecule has 0 saturated heterocycles. The molecule has 9 heteroatoms. The van der Waals surface area contributed by atoms with Crippen LogP contribution in [0.3, 0.4) is 0 Å². The van der Waals surface area contributed by atoms with Gasteiger partial charge in [-0.25, -0.2) is 4.98 Å². The number of hydrogen-bond acceptors (Lipinski definition) is 6. The summed E-state index contributed by atoms with van der Waals surface area (Å²) in [5.74, 6) is -0.437. The minimum Gasteiger partial charge on any atom is -0.469 e. The first-order chi connectivity index (χ1) is 9.28. The van der Waals surface area contributed by atoms with Gasteiger partial charge < -0.3 is 4.74 Å². The van der Waals surface area contributed by atoms with Crippen LogP contribution in [0.25, 0.3) is 0 Å². The molecule has 114 valence electrons. The molecule has 0 aliphatic rings. The van der Waals surface area contributed by atoms with Crippen molar-refractivity contribution < 1.29 is 17.9 Å². The van der Waals surface area contributed by atoms with E-state index in [2.05, 4.69) is 9.72 Å². The van der Waals surface area contributed by atoms with Crippen molar-refractivity contribution in [3.05, 3.63) is 16.1 Å². The molecule has 0 atom stereocenters. The monoisotopic (exact) mass is 321 g/mol. The van der Waals surface area contributed by atoms with Crippen molar-refractivity contribution in [3.63, 3.8) is 0 Å². The number of aromatic nitrogens is 1. The number of ether oxygens (including phenoxy) is 1. The third-order valence-corrected chi connectivity index (χ3v) is 5.66. The lowest BCUT2D eigenvalue weighted by Crippen LogP contribution is -2.40. The number of aryl methyl sites for hydroxylation is 1. The van der Waals surface area contributed by atoms with Crippen LogP contribution in [-0.2, 0) is 26.3 Å². The number of thiazole rings is 1. The predicted molar refractivity (Wildman–Crippen MR) is 76.5 cm³/mol. The first-order valence-electron chi connectivity index (χ1n) is 5.92. The molecule has 0 spiro atoms. The summed E-state index contributed by atoms with van der Waals surface area (Å²) in [5.41, 5.74) is 2.51. The highest BCUT2D eigenvalue weighted by Crippen LogP contribution is 2.17. The summed E-state index contributed by atoms with van der Waals surface area (Å²) in [7, 11) is 0.617. The van der Waals surface area contributed by atoms with E-state index in [9.17, 15) is 13.2 Å². The maximum absolute atomic E-state index is 12.3. The molecule has 0 N–H and O–H groups in total. The minimum atomic E-state index is -3.60. The Balaban J connectivity index is 2.67. The fourth-order valence-electron chi connectivity index (χ4n) is 1.47. The minimum absolute atomic E-state index is 0.0274. The highest BCUT2D eigenvalue weighted by Gasteiger charge is 2.25. The number of carbonyl (C=O) groups excluding carboxylic acids is 1. The van der Waals surface area contributed by atoms with Crippen LogP contribution in [0.15, 0.2) is 5.51 Å². The van der Waals surface area contributed by atoms with Crippen molar-refractivity contribution in [1.82, 2.24) is 13.6 Å². The summed E-state index contributed by atoms with van der Waals surface area (Å²) in [5, 5.41) is 0. The first kappa shape index (κ1) is 17.0. The van der Waals surface area contributed by atoms with Gasteiger partial charge in [0.05, 0.1) is 31.3 Å². The predicted octanol–water partition coefficient (Wildman–Crippen LogP) is 0.623. The van der Waals surface area contributed by atoms with E-state index in [-0.39, 0.29) is 19.5 Å². The zero-order chi connectivity index (χ0) is 15.3. The summed E-state index contributed by atoms with van der Waals surface area (Å²) in [6, 6.07) is 0. The molecular formula is C11H19N3O4S2. The highest BCUT2D eigenvalue weighted by molar-refractivity contribution is 7.86. The lowest BCUT2D eigenvalue weighted by Gasteiger charge is -2.23. The highest BCUT2D eigenvalue weighted by atomic mass is 32.2. The Morgan fingerprint density at radius 3 is 2.55 bits per heavy atom. The van der Waals surface area contributed by atoms with Crippen LogP contribution in [-0.4, -0.2) is 55.7 Å². The van der Waals surface area contributed by atoms with Crippen molar-refractivity contribution in [2.24, 2.45) is 0 Å². The van der Waals surface area contributed by atoms with Gasteiger partial charge in [-0.3, -0.25) is 4.79 Å². The van der Waals surface area contributed by atoms with E-state index in [0.717, 1.165) is 14.9 Å². The molecular weight excluding hydrogens is 302 g/mol. The Kier molecular flexibility index (Phi) is 6.06. The van der Waals surface area contributed by atoms with Gasteiger partial charge in [-0.2, -0.15) is 17.0 Å². The van der Waals surface area contributed by atoms with Gasteiger partial charge >= 0.3 is 5.97 Å². The zero-order valence-corrected chi connectivity index (χ0v) is 13.6. The number of methoxy groups -OCH3 is 1. The van der Waals surface area contributed by atoms with Crippen LogP contribution in [0.5, 0.6) is 0 Å². The van der Waals surface area contributed by atoms with E-state index in [1.165, 1.54) is 36.8 Å². The van der Waals surface area contributed by atoms with Crippen molar-refractivity contribution in [2.45, 2.75) is 19.9 Å². The molecule has 0 unspecified atom stereocenters. The molecule has 0 bridgehead atoms. The Morgan fingerprint density at radius 2 is 2.05 bits per heavy atom. The van der Waals surface area contributed by atoms with Crippen molar-refractivity contribution in [1.29, 1.82) is 0 Å². The van der Waals surface area contributed by atoms with Crippen molar-refractivity contribution in [3.8, 4) is 0 Å². The molecule has 0 aliphatic carbocycles. The average molecular weight is 321 g/mol. The van der Waals surface area contributed by atoms with E-state index < -0.39 is 16.2 Å². The molecule has 1 aromatic heterocycles. The quantitative estimate of drug-likeness (QED) is 0.688. The third kappa shape index (κ3) is 4.23. The second-order valence-corrected chi connectivity index (χ2v) is 7.35. The first-order valence-corrected chi connectivity index (χ1v) is 8.20. The molecule has 1 heterocycles. The summed E-state index contributed by atoms with van der Waals surface area (Å²) in [6.07, 6.45) is 0.0274. The van der Waals surface area contributed by atoms with Gasteiger partial charge in [0.15, 0.2) is 0 Å². The molecule has 0 saturated carbocycles. The van der Waals surface area contributed by atoms with Gasteiger partial charge in [-0.1, -0.05) is 0 Å². The number of carbonyl (C=O) groups is 1. The molecule has 0 aromatic carbocycles. The molecule has 0 aliphatic heterocycles. The van der Waals surface area contributed by atoms with Gasteiger partial charge in [0.2, 0.25) is 0 Å². The van der Waals surface area contributed by atoms with Gasteiger partial charge in [0.1, 0.15) is 0 Å². The standard InChI is InChI=1S/C11H19N3O4S2/c1-9-10(19-8-12-9)7-14(3)20(16,17)13(2)6-5-11(15)18-4/h8H,5-7H2,1-4H3. The normalized spacial score (nSPS) is 12.1. The molecule has 20 heavy (non-hydrogen) atoms. The van der Waals surface area contributed by atoms with Crippen LogP contribution in [0.2, 0.25) is 0 Å². The molecule has 1 aromatic rings. The van der Waals surface area contributed by atoms with Crippen molar-refractivity contribution >= 4 is 27.5 Å². The van der Waals surface area contributed by atoms with Crippen LogP contribution in [0, 0.1) is 6.92 Å². The SMILES string of the molecule is COC(=O)CCN(C)S(=O)(=O)N(C)Cc1scnc1C. The maximum Gasteiger partial charge on any atom is 0.306 e. The average Bonchev–Trinajstić information content (AvgIpc) is 2.80. The lowest BCUT2D eigenvalue weighted by molar-refractivity contribution is -0.140. The summed E-state index contributed by atoms with van der Waals surface area (Å²) < 4.78 is 31.4. The molecule has 0 radical (unpaired) electrons. The molecule has 7 nitrogen and oxygen atoms in total. The Bertz CT molecular complexity index is 556. The summed E-state index contributed by atoms with van der Waals surface area (Å²) in [6.45, 7) is 2.19. The van der Waals surface area contributed by atoms with E-state index >= 15 is 0 Å². The van der Waals surface area contributed by atoms with E-state index in [1.807, 2.05) is 6.92 Å². The Morgan fingerprint density at radius 1 is 1.40 bits per heavy atom. The topological polar surface area (TPSA) is 79.8 Å². The Labute approximate surface area is 123 Å². The molecule has 1 rings (SSSR count). The number of hydrogen-bond donors (Lipinski definition) is 0. The summed E-state index contributed by atoms with van der Waals surface area (Å²) in [4.78, 5) is 16.0. The van der Waals surface area contributed by atoms with E-state index in [4.69, 9.17) is 0 Å². The Hall–Kier alpha value is -1.03.